The van der Waals surface area contributed by atoms with Gasteiger partial charge in [0.05, 0.1) is 13.0 Å². The van der Waals surface area contributed by atoms with Crippen molar-refractivity contribution < 1.29 is 14.3 Å². The van der Waals surface area contributed by atoms with Crippen molar-refractivity contribution in [1.82, 2.24) is 10.2 Å². The Labute approximate surface area is 165 Å². The van der Waals surface area contributed by atoms with Crippen LogP contribution in [0.15, 0.2) is 54.6 Å². The Balaban J connectivity index is 1.54. The molecule has 0 spiro atoms. The van der Waals surface area contributed by atoms with Gasteiger partial charge < -0.3 is 15.0 Å². The minimum absolute atomic E-state index is 0.00847. The molecular formula is C23H26N2O3. The third-order valence-corrected chi connectivity index (χ3v) is 5.74. The fraction of sp³-hybridized carbons (Fsp3) is 0.391. The summed E-state index contributed by atoms with van der Waals surface area (Å²) in [6.07, 6.45) is 1.94. The van der Waals surface area contributed by atoms with Gasteiger partial charge in [-0.3, -0.25) is 9.59 Å². The summed E-state index contributed by atoms with van der Waals surface area (Å²) in [7, 11) is 1.64. The summed E-state index contributed by atoms with van der Waals surface area (Å²) in [5.41, 5.74) is 2.06. The maximum absolute atomic E-state index is 13.1. The number of carbonyl (C=O) groups is 2. The smallest absolute Gasteiger partial charge is 0.225 e. The largest absolute Gasteiger partial charge is 0.496 e. The number of ether oxygens (including phenoxy) is 1. The van der Waals surface area contributed by atoms with E-state index in [1.807, 2.05) is 59.5 Å². The van der Waals surface area contributed by atoms with Crippen LogP contribution in [0.5, 0.6) is 5.75 Å². The number of methoxy groups -OCH3 is 1. The van der Waals surface area contributed by atoms with Gasteiger partial charge in [-0.1, -0.05) is 48.5 Å². The third-order valence-electron chi connectivity index (χ3n) is 5.74. The molecule has 1 heterocycles. The Morgan fingerprint density at radius 1 is 1.04 bits per heavy atom. The molecule has 0 radical (unpaired) electrons. The summed E-state index contributed by atoms with van der Waals surface area (Å²) in [5.74, 6) is 0.778. The van der Waals surface area contributed by atoms with E-state index in [1.165, 1.54) is 0 Å². The monoisotopic (exact) mass is 378 g/mol. The first-order valence-electron chi connectivity index (χ1n) is 9.90. The van der Waals surface area contributed by atoms with Crippen LogP contribution in [0.25, 0.3) is 0 Å². The van der Waals surface area contributed by atoms with Gasteiger partial charge in [-0.2, -0.15) is 0 Å². The number of nitrogens with zero attached hydrogens (tertiary/aromatic N) is 1. The fourth-order valence-electron chi connectivity index (χ4n) is 4.04. The maximum Gasteiger partial charge on any atom is 0.225 e. The standard InChI is InChI=1S/C23H26N2O3/c1-28-21-10-6-5-9-18(21)19-14-25(23(27)17-11-12-17)15-20(19)22(26)24-13-16-7-3-2-4-8-16/h2-10,17,19-20H,11-15H2,1H3,(H,24,26). The Hall–Kier alpha value is -2.82. The fourth-order valence-corrected chi connectivity index (χ4v) is 4.04. The maximum atomic E-state index is 13.1. The molecule has 146 valence electrons. The van der Waals surface area contributed by atoms with Crippen LogP contribution in [-0.4, -0.2) is 36.9 Å². The molecule has 28 heavy (non-hydrogen) atoms. The third kappa shape index (κ3) is 3.88. The van der Waals surface area contributed by atoms with E-state index in [-0.39, 0.29) is 29.6 Å². The lowest BCUT2D eigenvalue weighted by molar-refractivity contribution is -0.132. The lowest BCUT2D eigenvalue weighted by Crippen LogP contribution is -2.35. The SMILES string of the molecule is COc1ccccc1C1CN(C(=O)C2CC2)CC1C(=O)NCc1ccccc1. The number of carbonyl (C=O) groups excluding carboxylic acids is 2. The van der Waals surface area contributed by atoms with Crippen molar-refractivity contribution in [3.05, 3.63) is 65.7 Å². The minimum Gasteiger partial charge on any atom is -0.496 e. The van der Waals surface area contributed by atoms with E-state index in [1.54, 1.807) is 7.11 Å². The summed E-state index contributed by atoms with van der Waals surface area (Å²) in [4.78, 5) is 27.6. The van der Waals surface area contributed by atoms with Crippen LogP contribution in [0.2, 0.25) is 0 Å². The zero-order chi connectivity index (χ0) is 19.5. The Kier molecular flexibility index (Phi) is 5.33. The summed E-state index contributed by atoms with van der Waals surface area (Å²) in [6, 6.07) is 17.7. The summed E-state index contributed by atoms with van der Waals surface area (Å²) in [5, 5.41) is 3.06. The molecule has 1 saturated carbocycles. The molecule has 2 atom stereocenters. The van der Waals surface area contributed by atoms with Crippen molar-refractivity contribution in [3.63, 3.8) is 0 Å². The van der Waals surface area contributed by atoms with Crippen molar-refractivity contribution in [2.75, 3.05) is 20.2 Å². The molecular weight excluding hydrogens is 352 g/mol. The van der Waals surface area contributed by atoms with E-state index in [9.17, 15) is 9.59 Å². The molecule has 2 aromatic carbocycles. The van der Waals surface area contributed by atoms with Gasteiger partial charge in [0.1, 0.15) is 5.75 Å². The Morgan fingerprint density at radius 3 is 2.46 bits per heavy atom. The van der Waals surface area contributed by atoms with Crippen LogP contribution >= 0.6 is 0 Å². The first-order valence-corrected chi connectivity index (χ1v) is 9.90. The number of para-hydroxylation sites is 1. The number of rotatable bonds is 6. The lowest BCUT2D eigenvalue weighted by Gasteiger charge is -2.20. The lowest BCUT2D eigenvalue weighted by atomic mass is 9.87. The minimum atomic E-state index is -0.275. The zero-order valence-corrected chi connectivity index (χ0v) is 16.1. The molecule has 2 unspecified atom stereocenters. The highest BCUT2D eigenvalue weighted by molar-refractivity contribution is 5.85. The number of likely N-dealkylation sites (tertiary alicyclic amines) is 1. The van der Waals surface area contributed by atoms with Crippen LogP contribution < -0.4 is 10.1 Å². The molecule has 1 aliphatic carbocycles. The van der Waals surface area contributed by atoms with Crippen LogP contribution in [0.3, 0.4) is 0 Å². The molecule has 2 aromatic rings. The zero-order valence-electron chi connectivity index (χ0n) is 16.1. The van der Waals surface area contributed by atoms with Crippen LogP contribution in [-0.2, 0) is 16.1 Å². The van der Waals surface area contributed by atoms with Gasteiger partial charge in [0, 0.05) is 31.5 Å². The second kappa shape index (κ2) is 8.05. The highest BCUT2D eigenvalue weighted by atomic mass is 16.5. The van der Waals surface area contributed by atoms with Gasteiger partial charge in [0.15, 0.2) is 0 Å². The molecule has 5 heteroatoms. The molecule has 0 bridgehead atoms. The summed E-state index contributed by atoms with van der Waals surface area (Å²) < 4.78 is 5.54. The summed E-state index contributed by atoms with van der Waals surface area (Å²) >= 11 is 0. The summed E-state index contributed by atoms with van der Waals surface area (Å²) in [6.45, 7) is 1.53. The van der Waals surface area contributed by atoms with E-state index < -0.39 is 0 Å². The predicted molar refractivity (Wildman–Crippen MR) is 107 cm³/mol. The van der Waals surface area contributed by atoms with E-state index in [0.717, 1.165) is 29.7 Å². The van der Waals surface area contributed by atoms with Crippen LogP contribution in [0, 0.1) is 11.8 Å². The normalized spacial score (nSPS) is 21.4. The molecule has 2 aliphatic rings. The number of hydrogen-bond donors (Lipinski definition) is 1. The molecule has 1 aliphatic heterocycles. The number of amides is 2. The highest BCUT2D eigenvalue weighted by Gasteiger charge is 2.44. The average molecular weight is 378 g/mol. The van der Waals surface area contributed by atoms with Gasteiger partial charge in [-0.15, -0.1) is 0 Å². The van der Waals surface area contributed by atoms with Crippen molar-refractivity contribution >= 4 is 11.8 Å². The molecule has 1 N–H and O–H groups in total. The first-order chi connectivity index (χ1) is 13.7. The Bertz CT molecular complexity index is 848. The van der Waals surface area contributed by atoms with Crippen molar-refractivity contribution in [3.8, 4) is 5.75 Å². The molecule has 1 saturated heterocycles. The van der Waals surface area contributed by atoms with Gasteiger partial charge in [-0.05, 0) is 30.0 Å². The predicted octanol–water partition coefficient (Wildman–Crippen LogP) is 2.96. The van der Waals surface area contributed by atoms with Gasteiger partial charge >= 0.3 is 0 Å². The van der Waals surface area contributed by atoms with E-state index in [4.69, 9.17) is 4.74 Å². The van der Waals surface area contributed by atoms with Crippen molar-refractivity contribution in [2.45, 2.75) is 25.3 Å². The molecule has 5 nitrogen and oxygen atoms in total. The highest BCUT2D eigenvalue weighted by Crippen LogP contribution is 2.40. The second-order valence-electron chi connectivity index (χ2n) is 7.68. The number of nitrogens with one attached hydrogen (secondary N) is 1. The Morgan fingerprint density at radius 2 is 1.75 bits per heavy atom. The first kappa shape index (κ1) is 18.5. The van der Waals surface area contributed by atoms with E-state index in [2.05, 4.69) is 5.32 Å². The topological polar surface area (TPSA) is 58.6 Å². The molecule has 2 amide bonds. The van der Waals surface area contributed by atoms with E-state index in [0.29, 0.717) is 19.6 Å². The quantitative estimate of drug-likeness (QED) is 0.841. The second-order valence-corrected chi connectivity index (χ2v) is 7.68. The number of benzene rings is 2. The number of hydrogen-bond acceptors (Lipinski definition) is 3. The van der Waals surface area contributed by atoms with Gasteiger partial charge in [0.2, 0.25) is 11.8 Å². The van der Waals surface area contributed by atoms with Crippen molar-refractivity contribution in [1.29, 1.82) is 0 Å². The van der Waals surface area contributed by atoms with Gasteiger partial charge in [-0.25, -0.2) is 0 Å². The molecule has 4 rings (SSSR count). The van der Waals surface area contributed by atoms with Gasteiger partial charge in [0.25, 0.3) is 0 Å². The molecule has 2 fully saturated rings. The van der Waals surface area contributed by atoms with Crippen LogP contribution in [0.1, 0.15) is 29.9 Å². The molecule has 0 aromatic heterocycles. The van der Waals surface area contributed by atoms with Crippen LogP contribution in [0.4, 0.5) is 0 Å². The van der Waals surface area contributed by atoms with E-state index >= 15 is 0 Å². The average Bonchev–Trinajstić information content (AvgIpc) is 3.50. The van der Waals surface area contributed by atoms with Crippen molar-refractivity contribution in [2.24, 2.45) is 11.8 Å².